The molecule has 0 atom stereocenters. The van der Waals surface area contributed by atoms with E-state index in [4.69, 9.17) is 4.99 Å². The summed E-state index contributed by atoms with van der Waals surface area (Å²) >= 11 is 0. The Kier molecular flexibility index (Phi) is 9.06. The first-order chi connectivity index (χ1) is 13.7. The Balaban J connectivity index is 2.33. The van der Waals surface area contributed by atoms with Crippen molar-refractivity contribution >= 4 is 17.1 Å². The second-order valence-electron chi connectivity index (χ2n) is 7.02. The normalized spacial score (nSPS) is 10.6. The standard InChI is InChI=1S/C25H37N3/c1-6-11-20-26-25(21-12-16-23(17-13-21)27(7-2)8-3)22-14-18-24(19-15-22)28(9-4)10-5/h12-19H,6-11,20H2,1-5H3. The van der Waals surface area contributed by atoms with Gasteiger partial charge in [0.25, 0.3) is 0 Å². The summed E-state index contributed by atoms with van der Waals surface area (Å²) < 4.78 is 0. The fourth-order valence-electron chi connectivity index (χ4n) is 3.54. The number of unbranched alkanes of at least 4 members (excludes halogenated alkanes) is 1. The van der Waals surface area contributed by atoms with Crippen molar-refractivity contribution in [3.63, 3.8) is 0 Å². The second-order valence-corrected chi connectivity index (χ2v) is 7.02. The van der Waals surface area contributed by atoms with Crippen LogP contribution in [0.3, 0.4) is 0 Å². The Hall–Kier alpha value is -2.29. The third-order valence-corrected chi connectivity index (χ3v) is 5.32. The van der Waals surface area contributed by atoms with Gasteiger partial charge in [0.05, 0.1) is 5.71 Å². The van der Waals surface area contributed by atoms with E-state index in [2.05, 4.69) is 92.9 Å². The Morgan fingerprint density at radius 3 is 1.36 bits per heavy atom. The first kappa shape index (κ1) is 22.0. The zero-order valence-electron chi connectivity index (χ0n) is 18.4. The number of aliphatic imine (C=N–C) groups is 1. The molecule has 152 valence electrons. The van der Waals surface area contributed by atoms with Gasteiger partial charge in [-0.15, -0.1) is 0 Å². The molecule has 3 heteroatoms. The molecule has 0 aliphatic rings. The van der Waals surface area contributed by atoms with Gasteiger partial charge in [-0.1, -0.05) is 37.6 Å². The topological polar surface area (TPSA) is 18.8 Å². The van der Waals surface area contributed by atoms with Crippen LogP contribution in [0.5, 0.6) is 0 Å². The highest BCUT2D eigenvalue weighted by Gasteiger charge is 2.10. The van der Waals surface area contributed by atoms with Crippen molar-refractivity contribution in [1.29, 1.82) is 0 Å². The molecule has 2 aromatic carbocycles. The molecule has 2 rings (SSSR count). The minimum atomic E-state index is 0.876. The van der Waals surface area contributed by atoms with E-state index in [9.17, 15) is 0 Å². The van der Waals surface area contributed by atoms with Gasteiger partial charge in [-0.25, -0.2) is 0 Å². The van der Waals surface area contributed by atoms with E-state index in [-0.39, 0.29) is 0 Å². The summed E-state index contributed by atoms with van der Waals surface area (Å²) in [7, 11) is 0. The van der Waals surface area contributed by atoms with E-state index in [0.717, 1.165) is 44.9 Å². The summed E-state index contributed by atoms with van der Waals surface area (Å²) in [6.45, 7) is 16.0. The lowest BCUT2D eigenvalue weighted by Gasteiger charge is -2.22. The van der Waals surface area contributed by atoms with E-state index < -0.39 is 0 Å². The van der Waals surface area contributed by atoms with E-state index >= 15 is 0 Å². The van der Waals surface area contributed by atoms with Crippen molar-refractivity contribution in [3.05, 3.63) is 59.7 Å². The maximum Gasteiger partial charge on any atom is 0.0718 e. The molecule has 0 unspecified atom stereocenters. The maximum atomic E-state index is 4.97. The molecule has 0 heterocycles. The Morgan fingerprint density at radius 2 is 1.04 bits per heavy atom. The predicted octanol–water partition coefficient (Wildman–Crippen LogP) is 6.02. The molecule has 0 amide bonds. The lowest BCUT2D eigenvalue weighted by Crippen LogP contribution is -2.22. The fourth-order valence-corrected chi connectivity index (χ4v) is 3.54. The molecule has 0 bridgehead atoms. The average molecular weight is 380 g/mol. The van der Waals surface area contributed by atoms with Crippen LogP contribution in [0.2, 0.25) is 0 Å². The molecular formula is C25H37N3. The van der Waals surface area contributed by atoms with Gasteiger partial charge in [0.15, 0.2) is 0 Å². The molecule has 3 nitrogen and oxygen atoms in total. The van der Waals surface area contributed by atoms with Gasteiger partial charge in [-0.05, 0) is 58.4 Å². The number of rotatable bonds is 11. The first-order valence-corrected chi connectivity index (χ1v) is 10.9. The van der Waals surface area contributed by atoms with Crippen LogP contribution in [0, 0.1) is 0 Å². The third kappa shape index (κ3) is 5.60. The van der Waals surface area contributed by atoms with E-state index in [1.54, 1.807) is 0 Å². The number of anilines is 2. The second kappa shape index (κ2) is 11.5. The van der Waals surface area contributed by atoms with Crippen LogP contribution >= 0.6 is 0 Å². The van der Waals surface area contributed by atoms with Gasteiger partial charge >= 0.3 is 0 Å². The highest BCUT2D eigenvalue weighted by Crippen LogP contribution is 2.21. The number of benzene rings is 2. The van der Waals surface area contributed by atoms with Crippen LogP contribution in [-0.4, -0.2) is 38.4 Å². The smallest absolute Gasteiger partial charge is 0.0718 e. The molecule has 0 N–H and O–H groups in total. The van der Waals surface area contributed by atoms with E-state index in [0.29, 0.717) is 0 Å². The predicted molar refractivity (Wildman–Crippen MR) is 125 cm³/mol. The zero-order valence-corrected chi connectivity index (χ0v) is 18.4. The lowest BCUT2D eigenvalue weighted by molar-refractivity contribution is 0.808. The molecule has 0 saturated heterocycles. The highest BCUT2D eigenvalue weighted by molar-refractivity contribution is 6.13. The van der Waals surface area contributed by atoms with Crippen LogP contribution in [-0.2, 0) is 0 Å². The fraction of sp³-hybridized carbons (Fsp3) is 0.480. The van der Waals surface area contributed by atoms with E-state index in [1.807, 2.05) is 0 Å². The molecule has 0 aliphatic carbocycles. The van der Waals surface area contributed by atoms with Crippen molar-refractivity contribution in [2.75, 3.05) is 42.5 Å². The summed E-state index contributed by atoms with van der Waals surface area (Å²) in [6.07, 6.45) is 2.29. The monoisotopic (exact) mass is 379 g/mol. The Labute approximate surface area is 172 Å². The van der Waals surface area contributed by atoms with Gasteiger partial charge in [0.1, 0.15) is 0 Å². The minimum Gasteiger partial charge on any atom is -0.372 e. The highest BCUT2D eigenvalue weighted by atomic mass is 15.1. The van der Waals surface area contributed by atoms with Crippen LogP contribution < -0.4 is 9.80 Å². The van der Waals surface area contributed by atoms with Crippen LogP contribution in [0.25, 0.3) is 0 Å². The van der Waals surface area contributed by atoms with Crippen LogP contribution in [0.15, 0.2) is 53.5 Å². The molecular weight excluding hydrogens is 342 g/mol. The molecule has 0 spiro atoms. The summed E-state index contributed by atoms with van der Waals surface area (Å²) in [4.78, 5) is 9.72. The van der Waals surface area contributed by atoms with Gasteiger partial charge in [0.2, 0.25) is 0 Å². The minimum absolute atomic E-state index is 0.876. The Morgan fingerprint density at radius 1 is 0.643 bits per heavy atom. The van der Waals surface area contributed by atoms with Gasteiger partial charge in [0, 0.05) is 55.2 Å². The van der Waals surface area contributed by atoms with E-state index in [1.165, 1.54) is 28.9 Å². The average Bonchev–Trinajstić information content (AvgIpc) is 2.74. The molecule has 0 saturated carbocycles. The van der Waals surface area contributed by atoms with Gasteiger partial charge in [-0.3, -0.25) is 4.99 Å². The van der Waals surface area contributed by atoms with Crippen molar-refractivity contribution in [2.24, 2.45) is 4.99 Å². The summed E-state index contributed by atoms with van der Waals surface area (Å²) in [6, 6.07) is 17.8. The summed E-state index contributed by atoms with van der Waals surface area (Å²) in [5.74, 6) is 0. The first-order valence-electron chi connectivity index (χ1n) is 10.9. The SMILES string of the molecule is CCCCN=C(c1ccc(N(CC)CC)cc1)c1ccc(N(CC)CC)cc1. The third-order valence-electron chi connectivity index (χ3n) is 5.32. The summed E-state index contributed by atoms with van der Waals surface area (Å²) in [5.41, 5.74) is 6.05. The molecule has 0 radical (unpaired) electrons. The number of hydrogen-bond donors (Lipinski definition) is 0. The molecule has 28 heavy (non-hydrogen) atoms. The molecule has 2 aromatic rings. The van der Waals surface area contributed by atoms with Crippen LogP contribution in [0.1, 0.15) is 58.6 Å². The van der Waals surface area contributed by atoms with Crippen LogP contribution in [0.4, 0.5) is 11.4 Å². The lowest BCUT2D eigenvalue weighted by atomic mass is 10.0. The van der Waals surface area contributed by atoms with Crippen molar-refractivity contribution in [3.8, 4) is 0 Å². The quantitative estimate of drug-likeness (QED) is 0.351. The molecule has 0 aliphatic heterocycles. The zero-order chi connectivity index (χ0) is 20.4. The maximum absolute atomic E-state index is 4.97. The van der Waals surface area contributed by atoms with Crippen molar-refractivity contribution in [2.45, 2.75) is 47.5 Å². The van der Waals surface area contributed by atoms with Crippen molar-refractivity contribution in [1.82, 2.24) is 0 Å². The van der Waals surface area contributed by atoms with Gasteiger partial charge < -0.3 is 9.80 Å². The molecule has 0 fully saturated rings. The Bertz CT molecular complexity index is 651. The molecule has 0 aromatic heterocycles. The largest absolute Gasteiger partial charge is 0.372 e. The number of hydrogen-bond acceptors (Lipinski definition) is 3. The van der Waals surface area contributed by atoms with Crippen molar-refractivity contribution < 1.29 is 0 Å². The van der Waals surface area contributed by atoms with Gasteiger partial charge in [-0.2, -0.15) is 0 Å². The summed E-state index contributed by atoms with van der Waals surface area (Å²) in [5, 5.41) is 0. The number of nitrogens with zero attached hydrogens (tertiary/aromatic N) is 3.